The van der Waals surface area contributed by atoms with Gasteiger partial charge in [0, 0.05) is 13.6 Å². The van der Waals surface area contributed by atoms with Crippen LogP contribution in [0.15, 0.2) is 24.3 Å². The predicted octanol–water partition coefficient (Wildman–Crippen LogP) is 1.23. The SMILES string of the molecule is CCN(c1ccccc1N)C(C)C(=O)NC. The molecule has 0 saturated heterocycles. The van der Waals surface area contributed by atoms with Crippen molar-refractivity contribution in [2.75, 3.05) is 24.2 Å². The molecule has 1 rings (SSSR count). The number of rotatable bonds is 4. The van der Waals surface area contributed by atoms with Gasteiger partial charge < -0.3 is 16.0 Å². The van der Waals surface area contributed by atoms with Gasteiger partial charge >= 0.3 is 0 Å². The molecule has 16 heavy (non-hydrogen) atoms. The van der Waals surface area contributed by atoms with Crippen LogP contribution >= 0.6 is 0 Å². The van der Waals surface area contributed by atoms with Crippen LogP contribution in [-0.2, 0) is 4.79 Å². The van der Waals surface area contributed by atoms with Crippen LogP contribution in [-0.4, -0.2) is 25.5 Å². The minimum atomic E-state index is -0.223. The minimum absolute atomic E-state index is 0.00916. The maximum absolute atomic E-state index is 11.6. The van der Waals surface area contributed by atoms with E-state index in [0.29, 0.717) is 5.69 Å². The summed E-state index contributed by atoms with van der Waals surface area (Å²) in [6, 6.07) is 7.36. The average molecular weight is 221 g/mol. The van der Waals surface area contributed by atoms with E-state index in [1.54, 1.807) is 7.05 Å². The van der Waals surface area contributed by atoms with Crippen molar-refractivity contribution in [1.29, 1.82) is 0 Å². The van der Waals surface area contributed by atoms with Crippen molar-refractivity contribution in [3.63, 3.8) is 0 Å². The van der Waals surface area contributed by atoms with Gasteiger partial charge in [-0.3, -0.25) is 4.79 Å². The maximum Gasteiger partial charge on any atom is 0.242 e. The molecule has 0 aliphatic carbocycles. The van der Waals surface area contributed by atoms with Crippen molar-refractivity contribution in [1.82, 2.24) is 5.32 Å². The summed E-state index contributed by atoms with van der Waals surface area (Å²) >= 11 is 0. The molecule has 0 aliphatic rings. The fourth-order valence-corrected chi connectivity index (χ4v) is 1.75. The number of amides is 1. The highest BCUT2D eigenvalue weighted by molar-refractivity contribution is 5.86. The van der Waals surface area contributed by atoms with Crippen LogP contribution in [0.2, 0.25) is 0 Å². The van der Waals surface area contributed by atoms with Gasteiger partial charge in [0.05, 0.1) is 11.4 Å². The van der Waals surface area contributed by atoms with Gasteiger partial charge in [-0.2, -0.15) is 0 Å². The summed E-state index contributed by atoms with van der Waals surface area (Å²) in [5.41, 5.74) is 7.50. The summed E-state index contributed by atoms with van der Waals surface area (Å²) in [7, 11) is 1.64. The van der Waals surface area contributed by atoms with E-state index in [0.717, 1.165) is 12.2 Å². The smallest absolute Gasteiger partial charge is 0.242 e. The molecule has 0 spiro atoms. The van der Waals surface area contributed by atoms with E-state index in [2.05, 4.69) is 5.32 Å². The number of nitrogens with two attached hydrogens (primary N) is 1. The van der Waals surface area contributed by atoms with E-state index in [4.69, 9.17) is 5.73 Å². The molecule has 1 aromatic rings. The third kappa shape index (κ3) is 2.45. The lowest BCUT2D eigenvalue weighted by Gasteiger charge is -2.29. The number of likely N-dealkylation sites (N-methyl/N-ethyl adjacent to an activating group) is 2. The molecule has 4 heteroatoms. The van der Waals surface area contributed by atoms with Gasteiger partial charge in [-0.1, -0.05) is 12.1 Å². The van der Waals surface area contributed by atoms with E-state index in [-0.39, 0.29) is 11.9 Å². The largest absolute Gasteiger partial charge is 0.397 e. The molecule has 0 bridgehead atoms. The molecule has 1 amide bonds. The highest BCUT2D eigenvalue weighted by atomic mass is 16.2. The number of nitrogen functional groups attached to an aromatic ring is 1. The van der Waals surface area contributed by atoms with E-state index >= 15 is 0 Å². The number of nitrogens with one attached hydrogen (secondary N) is 1. The van der Waals surface area contributed by atoms with Crippen LogP contribution < -0.4 is 16.0 Å². The third-order valence-corrected chi connectivity index (χ3v) is 2.68. The first-order chi connectivity index (χ1) is 7.61. The quantitative estimate of drug-likeness (QED) is 0.752. The van der Waals surface area contributed by atoms with Crippen LogP contribution in [0.3, 0.4) is 0 Å². The van der Waals surface area contributed by atoms with E-state index in [1.807, 2.05) is 43.0 Å². The summed E-state index contributed by atoms with van der Waals surface area (Å²) < 4.78 is 0. The zero-order valence-electron chi connectivity index (χ0n) is 10.0. The summed E-state index contributed by atoms with van der Waals surface area (Å²) in [4.78, 5) is 13.6. The van der Waals surface area contributed by atoms with Gasteiger partial charge in [0.1, 0.15) is 6.04 Å². The Morgan fingerprint density at radius 3 is 2.62 bits per heavy atom. The zero-order valence-corrected chi connectivity index (χ0v) is 10.0. The van der Waals surface area contributed by atoms with Crippen molar-refractivity contribution in [2.45, 2.75) is 19.9 Å². The van der Waals surface area contributed by atoms with E-state index in [9.17, 15) is 4.79 Å². The second-order valence-electron chi connectivity index (χ2n) is 3.64. The second kappa shape index (κ2) is 5.39. The number of benzene rings is 1. The lowest BCUT2D eigenvalue weighted by molar-refractivity contribution is -0.121. The van der Waals surface area contributed by atoms with Gasteiger partial charge in [-0.25, -0.2) is 0 Å². The standard InChI is InChI=1S/C12H19N3O/c1-4-15(9(2)12(16)14-3)11-8-6-5-7-10(11)13/h5-9H,4,13H2,1-3H3,(H,14,16). The van der Waals surface area contributed by atoms with Crippen molar-refractivity contribution in [2.24, 2.45) is 0 Å². The third-order valence-electron chi connectivity index (χ3n) is 2.68. The number of carbonyl (C=O) groups excluding carboxylic acids is 1. The molecule has 3 N–H and O–H groups in total. The van der Waals surface area contributed by atoms with Crippen molar-refractivity contribution in [3.05, 3.63) is 24.3 Å². The Labute approximate surface area is 96.4 Å². The molecule has 88 valence electrons. The molecule has 0 aliphatic heterocycles. The van der Waals surface area contributed by atoms with Crippen LogP contribution in [0.4, 0.5) is 11.4 Å². The van der Waals surface area contributed by atoms with Crippen LogP contribution in [0, 0.1) is 0 Å². The number of hydrogen-bond donors (Lipinski definition) is 2. The zero-order chi connectivity index (χ0) is 12.1. The summed E-state index contributed by atoms with van der Waals surface area (Å²) in [5.74, 6) is -0.00916. The molecule has 0 heterocycles. The van der Waals surface area contributed by atoms with Gasteiger partial charge in [-0.05, 0) is 26.0 Å². The molecule has 1 unspecified atom stereocenters. The summed E-state index contributed by atoms with van der Waals surface area (Å²) in [5, 5.41) is 2.65. The van der Waals surface area contributed by atoms with Crippen LogP contribution in [0.5, 0.6) is 0 Å². The Balaban J connectivity index is 2.99. The highest BCUT2D eigenvalue weighted by Crippen LogP contribution is 2.24. The van der Waals surface area contributed by atoms with Gasteiger partial charge in [0.2, 0.25) is 5.91 Å². The van der Waals surface area contributed by atoms with Crippen LogP contribution in [0.1, 0.15) is 13.8 Å². The number of nitrogens with zero attached hydrogens (tertiary/aromatic N) is 1. The molecular weight excluding hydrogens is 202 g/mol. The minimum Gasteiger partial charge on any atom is -0.397 e. The normalized spacial score (nSPS) is 11.9. The molecule has 0 radical (unpaired) electrons. The molecule has 0 saturated carbocycles. The monoisotopic (exact) mass is 221 g/mol. The second-order valence-corrected chi connectivity index (χ2v) is 3.64. The fourth-order valence-electron chi connectivity index (χ4n) is 1.75. The first kappa shape index (κ1) is 12.4. The van der Waals surface area contributed by atoms with Crippen molar-refractivity contribution < 1.29 is 4.79 Å². The Hall–Kier alpha value is -1.71. The van der Waals surface area contributed by atoms with Gasteiger partial charge in [0.15, 0.2) is 0 Å². The van der Waals surface area contributed by atoms with Crippen molar-refractivity contribution >= 4 is 17.3 Å². The number of hydrogen-bond acceptors (Lipinski definition) is 3. The Morgan fingerprint density at radius 1 is 1.50 bits per heavy atom. The molecule has 1 atom stereocenters. The molecule has 0 aromatic heterocycles. The number of carbonyl (C=O) groups is 1. The Kier molecular flexibility index (Phi) is 4.17. The number of para-hydroxylation sites is 2. The first-order valence-electron chi connectivity index (χ1n) is 5.44. The molecule has 0 fully saturated rings. The lowest BCUT2D eigenvalue weighted by atomic mass is 10.2. The molecular formula is C12H19N3O. The van der Waals surface area contributed by atoms with Crippen LogP contribution in [0.25, 0.3) is 0 Å². The Morgan fingerprint density at radius 2 is 2.12 bits per heavy atom. The molecule has 4 nitrogen and oxygen atoms in total. The summed E-state index contributed by atoms with van der Waals surface area (Å²) in [6.07, 6.45) is 0. The Bertz CT molecular complexity index is 365. The van der Waals surface area contributed by atoms with E-state index < -0.39 is 0 Å². The molecule has 1 aromatic carbocycles. The predicted molar refractivity (Wildman–Crippen MR) is 67.4 cm³/mol. The van der Waals surface area contributed by atoms with Crippen molar-refractivity contribution in [3.8, 4) is 0 Å². The lowest BCUT2D eigenvalue weighted by Crippen LogP contribution is -2.44. The number of anilines is 2. The van der Waals surface area contributed by atoms with Gasteiger partial charge in [0.25, 0.3) is 0 Å². The summed E-state index contributed by atoms with van der Waals surface area (Å²) in [6.45, 7) is 4.61. The highest BCUT2D eigenvalue weighted by Gasteiger charge is 2.20. The average Bonchev–Trinajstić information content (AvgIpc) is 2.31. The fraction of sp³-hybridized carbons (Fsp3) is 0.417. The van der Waals surface area contributed by atoms with E-state index in [1.165, 1.54) is 0 Å². The van der Waals surface area contributed by atoms with Gasteiger partial charge in [-0.15, -0.1) is 0 Å². The maximum atomic E-state index is 11.6. The topological polar surface area (TPSA) is 58.4 Å². The first-order valence-corrected chi connectivity index (χ1v) is 5.44.